The van der Waals surface area contributed by atoms with Crippen LogP contribution in [-0.2, 0) is 17.9 Å². The molecule has 0 aromatic heterocycles. The van der Waals surface area contributed by atoms with Gasteiger partial charge in [-0.25, -0.2) is 0 Å². The third kappa shape index (κ3) is 2.06. The SMILES string of the molecule is O=C(C1CNCCN1)N1Cc2ccccc2C1. The number of fused-ring (bicyclic) bond motifs is 1. The molecule has 2 N–H and O–H groups in total. The second-order valence-electron chi connectivity index (χ2n) is 4.67. The van der Waals surface area contributed by atoms with Gasteiger partial charge in [0.1, 0.15) is 0 Å². The van der Waals surface area contributed by atoms with Crippen molar-refractivity contribution < 1.29 is 4.79 Å². The first-order chi connectivity index (χ1) is 8.34. The molecule has 4 heteroatoms. The van der Waals surface area contributed by atoms with Gasteiger partial charge in [0.15, 0.2) is 0 Å². The quantitative estimate of drug-likeness (QED) is 0.720. The lowest BCUT2D eigenvalue weighted by Crippen LogP contribution is -2.55. The third-order valence-electron chi connectivity index (χ3n) is 3.49. The first-order valence-corrected chi connectivity index (χ1v) is 6.14. The lowest BCUT2D eigenvalue weighted by atomic mass is 10.1. The van der Waals surface area contributed by atoms with Crippen LogP contribution in [0.4, 0.5) is 0 Å². The molecule has 0 aliphatic carbocycles. The molecule has 4 nitrogen and oxygen atoms in total. The molecule has 0 spiro atoms. The fourth-order valence-corrected chi connectivity index (χ4v) is 2.54. The van der Waals surface area contributed by atoms with E-state index >= 15 is 0 Å². The van der Waals surface area contributed by atoms with Crippen molar-refractivity contribution in [2.75, 3.05) is 19.6 Å². The summed E-state index contributed by atoms with van der Waals surface area (Å²) in [4.78, 5) is 14.2. The Labute approximate surface area is 101 Å². The summed E-state index contributed by atoms with van der Waals surface area (Å²) in [5.41, 5.74) is 2.56. The van der Waals surface area contributed by atoms with Gasteiger partial charge in [0, 0.05) is 32.7 Å². The summed E-state index contributed by atoms with van der Waals surface area (Å²) in [6.07, 6.45) is 0. The van der Waals surface area contributed by atoms with E-state index in [9.17, 15) is 4.79 Å². The predicted octanol–water partition coefficient (Wildman–Crippen LogP) is 0.0902. The zero-order valence-corrected chi connectivity index (χ0v) is 9.78. The number of benzene rings is 1. The average Bonchev–Trinajstić information content (AvgIpc) is 2.82. The number of hydrogen-bond acceptors (Lipinski definition) is 3. The number of carbonyl (C=O) groups excluding carboxylic acids is 1. The van der Waals surface area contributed by atoms with Crippen LogP contribution in [0.1, 0.15) is 11.1 Å². The summed E-state index contributed by atoms with van der Waals surface area (Å²) in [5.74, 6) is 0.216. The number of nitrogens with zero attached hydrogens (tertiary/aromatic N) is 1. The summed E-state index contributed by atoms with van der Waals surface area (Å²) in [6, 6.07) is 8.23. The third-order valence-corrected chi connectivity index (χ3v) is 3.49. The molecular formula is C13H17N3O. The van der Waals surface area contributed by atoms with Crippen molar-refractivity contribution in [3.05, 3.63) is 35.4 Å². The summed E-state index contributed by atoms with van der Waals surface area (Å²) in [7, 11) is 0. The number of rotatable bonds is 1. The molecule has 2 aliphatic rings. The highest BCUT2D eigenvalue weighted by atomic mass is 16.2. The Morgan fingerprint density at radius 3 is 2.47 bits per heavy atom. The Hall–Kier alpha value is -1.39. The Bertz CT molecular complexity index is 401. The lowest BCUT2D eigenvalue weighted by Gasteiger charge is -2.27. The van der Waals surface area contributed by atoms with Crippen molar-refractivity contribution in [3.8, 4) is 0 Å². The van der Waals surface area contributed by atoms with Gasteiger partial charge in [0.2, 0.25) is 5.91 Å². The minimum Gasteiger partial charge on any atom is -0.333 e. The van der Waals surface area contributed by atoms with Crippen molar-refractivity contribution in [1.29, 1.82) is 0 Å². The molecule has 90 valence electrons. The molecule has 0 bridgehead atoms. The normalized spacial score (nSPS) is 23.5. The molecule has 1 aromatic rings. The smallest absolute Gasteiger partial charge is 0.241 e. The second-order valence-corrected chi connectivity index (χ2v) is 4.67. The van der Waals surface area contributed by atoms with Gasteiger partial charge < -0.3 is 15.5 Å². The predicted molar refractivity (Wildman–Crippen MR) is 65.4 cm³/mol. The van der Waals surface area contributed by atoms with Gasteiger partial charge in [-0.1, -0.05) is 24.3 Å². The summed E-state index contributed by atoms with van der Waals surface area (Å²) >= 11 is 0. The lowest BCUT2D eigenvalue weighted by molar-refractivity contribution is -0.134. The monoisotopic (exact) mass is 231 g/mol. The molecule has 1 fully saturated rings. The maximum Gasteiger partial charge on any atom is 0.241 e. The first-order valence-electron chi connectivity index (χ1n) is 6.14. The molecule has 1 unspecified atom stereocenters. The minimum absolute atomic E-state index is 0.0573. The number of nitrogens with one attached hydrogen (secondary N) is 2. The van der Waals surface area contributed by atoms with Gasteiger partial charge >= 0.3 is 0 Å². The van der Waals surface area contributed by atoms with E-state index < -0.39 is 0 Å². The van der Waals surface area contributed by atoms with Gasteiger partial charge in [-0.3, -0.25) is 4.79 Å². The van der Waals surface area contributed by atoms with Crippen LogP contribution < -0.4 is 10.6 Å². The van der Waals surface area contributed by atoms with Crippen LogP contribution in [0, 0.1) is 0 Å². The number of carbonyl (C=O) groups is 1. The number of amides is 1. The molecular weight excluding hydrogens is 214 g/mol. The van der Waals surface area contributed by atoms with Crippen LogP contribution in [0.15, 0.2) is 24.3 Å². The largest absolute Gasteiger partial charge is 0.333 e. The highest BCUT2D eigenvalue weighted by Gasteiger charge is 2.29. The van der Waals surface area contributed by atoms with Crippen LogP contribution in [0.2, 0.25) is 0 Å². The summed E-state index contributed by atoms with van der Waals surface area (Å²) in [5, 5.41) is 6.52. The molecule has 2 aliphatic heterocycles. The van der Waals surface area contributed by atoms with Crippen molar-refractivity contribution in [3.63, 3.8) is 0 Å². The van der Waals surface area contributed by atoms with Gasteiger partial charge in [-0.05, 0) is 11.1 Å². The molecule has 1 aromatic carbocycles. The fourth-order valence-electron chi connectivity index (χ4n) is 2.54. The minimum atomic E-state index is -0.0573. The average molecular weight is 231 g/mol. The van der Waals surface area contributed by atoms with E-state index in [0.29, 0.717) is 0 Å². The van der Waals surface area contributed by atoms with Crippen LogP contribution in [0.5, 0.6) is 0 Å². The van der Waals surface area contributed by atoms with Crippen molar-refractivity contribution >= 4 is 5.91 Å². The second kappa shape index (κ2) is 4.47. The molecule has 1 amide bonds. The van der Waals surface area contributed by atoms with Crippen LogP contribution >= 0.6 is 0 Å². The topological polar surface area (TPSA) is 44.4 Å². The van der Waals surface area contributed by atoms with Crippen molar-refractivity contribution in [2.24, 2.45) is 0 Å². The molecule has 0 radical (unpaired) electrons. The maximum absolute atomic E-state index is 12.3. The van der Waals surface area contributed by atoms with Crippen molar-refractivity contribution in [1.82, 2.24) is 15.5 Å². The Kier molecular flexibility index (Phi) is 2.82. The van der Waals surface area contributed by atoms with Crippen LogP contribution in [0.25, 0.3) is 0 Å². The van der Waals surface area contributed by atoms with E-state index in [4.69, 9.17) is 0 Å². The molecule has 1 saturated heterocycles. The van der Waals surface area contributed by atoms with E-state index in [2.05, 4.69) is 22.8 Å². The molecule has 1 atom stereocenters. The Morgan fingerprint density at radius 1 is 1.18 bits per heavy atom. The zero-order chi connectivity index (χ0) is 11.7. The van der Waals surface area contributed by atoms with Gasteiger partial charge in [0.05, 0.1) is 6.04 Å². The van der Waals surface area contributed by atoms with Crippen molar-refractivity contribution in [2.45, 2.75) is 19.1 Å². The van der Waals surface area contributed by atoms with E-state index in [1.54, 1.807) is 0 Å². The van der Waals surface area contributed by atoms with Crippen LogP contribution in [-0.4, -0.2) is 36.5 Å². The summed E-state index contributed by atoms with van der Waals surface area (Å²) < 4.78 is 0. The maximum atomic E-state index is 12.3. The molecule has 0 saturated carbocycles. The van der Waals surface area contributed by atoms with Gasteiger partial charge in [-0.2, -0.15) is 0 Å². The van der Waals surface area contributed by atoms with Gasteiger partial charge in [-0.15, -0.1) is 0 Å². The number of hydrogen-bond donors (Lipinski definition) is 2. The Morgan fingerprint density at radius 2 is 1.88 bits per heavy atom. The van der Waals surface area contributed by atoms with E-state index in [1.807, 2.05) is 17.0 Å². The highest BCUT2D eigenvalue weighted by molar-refractivity contribution is 5.82. The first kappa shape index (κ1) is 10.7. The molecule has 17 heavy (non-hydrogen) atoms. The summed E-state index contributed by atoms with van der Waals surface area (Å²) in [6.45, 7) is 4.08. The van der Waals surface area contributed by atoms with E-state index in [-0.39, 0.29) is 11.9 Å². The standard InChI is InChI=1S/C13H17N3O/c17-13(12-7-14-5-6-15-12)16-8-10-3-1-2-4-11(10)9-16/h1-4,12,14-15H,5-9H2. The van der Waals surface area contributed by atoms with Gasteiger partial charge in [0.25, 0.3) is 0 Å². The molecule has 2 heterocycles. The van der Waals surface area contributed by atoms with E-state index in [0.717, 1.165) is 32.7 Å². The Balaban J connectivity index is 1.69. The van der Waals surface area contributed by atoms with Crippen LogP contribution in [0.3, 0.4) is 0 Å². The number of piperazine rings is 1. The zero-order valence-electron chi connectivity index (χ0n) is 9.78. The molecule has 3 rings (SSSR count). The highest BCUT2D eigenvalue weighted by Crippen LogP contribution is 2.22. The van der Waals surface area contributed by atoms with E-state index in [1.165, 1.54) is 11.1 Å². The fraction of sp³-hybridized carbons (Fsp3) is 0.462.